The van der Waals surface area contributed by atoms with Gasteiger partial charge in [-0.05, 0) is 43.6 Å². The molecule has 1 aliphatic rings. The molecule has 0 bridgehead atoms. The Kier molecular flexibility index (Phi) is 5.59. The first-order valence-corrected chi connectivity index (χ1v) is 7.59. The van der Waals surface area contributed by atoms with Crippen LogP contribution in [0.1, 0.15) is 37.9 Å². The van der Waals surface area contributed by atoms with E-state index in [4.69, 9.17) is 0 Å². The summed E-state index contributed by atoms with van der Waals surface area (Å²) >= 11 is 0. The van der Waals surface area contributed by atoms with Gasteiger partial charge in [0.1, 0.15) is 11.9 Å². The van der Waals surface area contributed by atoms with E-state index < -0.39 is 6.10 Å². The summed E-state index contributed by atoms with van der Waals surface area (Å²) in [5.74, 6) is 0.108. The Hall–Kier alpha value is -1.59. The van der Waals surface area contributed by atoms with Crippen molar-refractivity contribution in [3.8, 4) is 5.75 Å². The smallest absolute Gasteiger partial charge is 0.220 e. The van der Waals surface area contributed by atoms with Gasteiger partial charge in [0.15, 0.2) is 0 Å². The van der Waals surface area contributed by atoms with Crippen molar-refractivity contribution in [1.82, 2.24) is 10.2 Å². The number of phenols is 1. The highest BCUT2D eigenvalue weighted by Gasteiger charge is 2.26. The molecule has 1 aromatic carbocycles. The molecule has 116 valence electrons. The molecule has 0 spiro atoms. The van der Waals surface area contributed by atoms with Crippen molar-refractivity contribution in [2.45, 2.75) is 38.3 Å². The van der Waals surface area contributed by atoms with E-state index in [0.717, 1.165) is 13.1 Å². The maximum Gasteiger partial charge on any atom is 0.220 e. The van der Waals surface area contributed by atoms with Gasteiger partial charge in [0, 0.05) is 13.0 Å². The molecule has 5 nitrogen and oxygen atoms in total. The molecule has 21 heavy (non-hydrogen) atoms. The number of amides is 1. The maximum atomic E-state index is 11.7. The molecule has 0 aliphatic carbocycles. The second-order valence-electron chi connectivity index (χ2n) is 5.57. The third kappa shape index (κ3) is 4.44. The van der Waals surface area contributed by atoms with E-state index >= 15 is 0 Å². The SMILES string of the molecule is CCC(=O)N[C@H](CN1CCCC1)[C@H](O)c1ccc(O)cc1. The number of aromatic hydroxyl groups is 1. The molecule has 2 atom stereocenters. The van der Waals surface area contributed by atoms with Gasteiger partial charge in [-0.2, -0.15) is 0 Å². The van der Waals surface area contributed by atoms with Gasteiger partial charge in [-0.3, -0.25) is 4.79 Å². The van der Waals surface area contributed by atoms with Crippen LogP contribution in [0.15, 0.2) is 24.3 Å². The zero-order chi connectivity index (χ0) is 15.2. The fourth-order valence-corrected chi connectivity index (χ4v) is 2.68. The summed E-state index contributed by atoms with van der Waals surface area (Å²) in [6.45, 7) is 4.48. The minimum Gasteiger partial charge on any atom is -0.508 e. The molecule has 0 saturated carbocycles. The van der Waals surface area contributed by atoms with E-state index in [0.29, 0.717) is 18.5 Å². The van der Waals surface area contributed by atoms with E-state index in [1.165, 1.54) is 12.8 Å². The van der Waals surface area contributed by atoms with Gasteiger partial charge in [0.05, 0.1) is 6.04 Å². The molecular formula is C16H24N2O3. The van der Waals surface area contributed by atoms with Crippen LogP contribution >= 0.6 is 0 Å². The van der Waals surface area contributed by atoms with E-state index in [9.17, 15) is 15.0 Å². The van der Waals surface area contributed by atoms with Crippen LogP contribution in [-0.2, 0) is 4.79 Å². The molecule has 2 rings (SSSR count). The van der Waals surface area contributed by atoms with Crippen LogP contribution in [0.25, 0.3) is 0 Å². The lowest BCUT2D eigenvalue weighted by Crippen LogP contribution is -2.46. The lowest BCUT2D eigenvalue weighted by atomic mass is 10.0. The number of likely N-dealkylation sites (tertiary alicyclic amines) is 1. The average Bonchev–Trinajstić information content (AvgIpc) is 2.99. The summed E-state index contributed by atoms with van der Waals surface area (Å²) in [5, 5.41) is 22.8. The molecule has 3 N–H and O–H groups in total. The molecule has 0 aromatic heterocycles. The first-order chi connectivity index (χ1) is 10.1. The van der Waals surface area contributed by atoms with Crippen molar-refractivity contribution in [3.63, 3.8) is 0 Å². The van der Waals surface area contributed by atoms with Crippen LogP contribution in [0.2, 0.25) is 0 Å². The van der Waals surface area contributed by atoms with Crippen LogP contribution in [0.5, 0.6) is 5.75 Å². The Morgan fingerprint density at radius 1 is 1.29 bits per heavy atom. The van der Waals surface area contributed by atoms with Crippen LogP contribution < -0.4 is 5.32 Å². The first-order valence-electron chi connectivity index (χ1n) is 7.59. The summed E-state index contributed by atoms with van der Waals surface area (Å²) in [6, 6.07) is 6.14. The van der Waals surface area contributed by atoms with Gasteiger partial charge in [-0.1, -0.05) is 19.1 Å². The topological polar surface area (TPSA) is 72.8 Å². The molecule has 1 fully saturated rings. The van der Waals surface area contributed by atoms with E-state index in [-0.39, 0.29) is 17.7 Å². The van der Waals surface area contributed by atoms with Crippen LogP contribution in [0.4, 0.5) is 0 Å². The number of phenolic OH excluding ortho intramolecular Hbond substituents is 1. The molecule has 0 radical (unpaired) electrons. The third-order valence-corrected chi connectivity index (χ3v) is 3.94. The number of rotatable bonds is 6. The van der Waals surface area contributed by atoms with Gasteiger partial charge < -0.3 is 20.4 Å². The zero-order valence-electron chi connectivity index (χ0n) is 12.5. The van der Waals surface area contributed by atoms with Crippen LogP contribution in [0, 0.1) is 0 Å². The maximum absolute atomic E-state index is 11.7. The van der Waals surface area contributed by atoms with E-state index in [1.54, 1.807) is 31.2 Å². The Morgan fingerprint density at radius 3 is 2.48 bits per heavy atom. The number of aliphatic hydroxyl groups is 1. The van der Waals surface area contributed by atoms with Crippen LogP contribution in [0.3, 0.4) is 0 Å². The van der Waals surface area contributed by atoms with Crippen molar-refractivity contribution < 1.29 is 15.0 Å². The fraction of sp³-hybridized carbons (Fsp3) is 0.562. The van der Waals surface area contributed by atoms with Gasteiger partial charge in [0.25, 0.3) is 0 Å². The van der Waals surface area contributed by atoms with Crippen LogP contribution in [-0.4, -0.2) is 46.7 Å². The molecule has 1 aliphatic heterocycles. The van der Waals surface area contributed by atoms with Gasteiger partial charge >= 0.3 is 0 Å². The van der Waals surface area contributed by atoms with E-state index in [1.807, 2.05) is 0 Å². The number of carbonyl (C=O) groups excluding carboxylic acids is 1. The normalized spacial score (nSPS) is 18.4. The van der Waals surface area contributed by atoms with E-state index in [2.05, 4.69) is 10.2 Å². The monoisotopic (exact) mass is 292 g/mol. The molecule has 1 heterocycles. The molecule has 1 aromatic rings. The number of nitrogens with one attached hydrogen (secondary N) is 1. The Balaban J connectivity index is 2.08. The Morgan fingerprint density at radius 2 is 1.90 bits per heavy atom. The number of carbonyl (C=O) groups is 1. The minimum atomic E-state index is -0.776. The summed E-state index contributed by atoms with van der Waals surface area (Å²) in [6.07, 6.45) is 1.97. The zero-order valence-corrected chi connectivity index (χ0v) is 12.5. The second-order valence-corrected chi connectivity index (χ2v) is 5.57. The van der Waals surface area contributed by atoms with Gasteiger partial charge in [0.2, 0.25) is 5.91 Å². The highest BCUT2D eigenvalue weighted by atomic mass is 16.3. The van der Waals surface area contributed by atoms with Crippen molar-refractivity contribution in [3.05, 3.63) is 29.8 Å². The molecule has 0 unspecified atom stereocenters. The molecular weight excluding hydrogens is 268 g/mol. The lowest BCUT2D eigenvalue weighted by molar-refractivity contribution is -0.122. The fourth-order valence-electron chi connectivity index (χ4n) is 2.68. The predicted octanol–water partition coefficient (Wildman–Crippen LogP) is 1.42. The Bertz CT molecular complexity index is 455. The summed E-state index contributed by atoms with van der Waals surface area (Å²) in [4.78, 5) is 14.0. The number of aliphatic hydroxyl groups excluding tert-OH is 1. The van der Waals surface area contributed by atoms with Crippen molar-refractivity contribution in [2.75, 3.05) is 19.6 Å². The molecule has 1 amide bonds. The largest absolute Gasteiger partial charge is 0.508 e. The Labute approximate surface area is 125 Å². The average molecular weight is 292 g/mol. The predicted molar refractivity (Wildman–Crippen MR) is 81.0 cm³/mol. The molecule has 5 heteroatoms. The minimum absolute atomic E-state index is 0.0583. The first kappa shape index (κ1) is 15.8. The molecule has 1 saturated heterocycles. The second kappa shape index (κ2) is 7.43. The van der Waals surface area contributed by atoms with Crippen molar-refractivity contribution in [1.29, 1.82) is 0 Å². The number of hydrogen-bond donors (Lipinski definition) is 3. The lowest BCUT2D eigenvalue weighted by Gasteiger charge is -2.28. The number of hydrogen-bond acceptors (Lipinski definition) is 4. The summed E-state index contributed by atoms with van der Waals surface area (Å²) in [5.41, 5.74) is 0.702. The van der Waals surface area contributed by atoms with Gasteiger partial charge in [-0.15, -0.1) is 0 Å². The third-order valence-electron chi connectivity index (χ3n) is 3.94. The quantitative estimate of drug-likeness (QED) is 0.741. The highest BCUT2D eigenvalue weighted by molar-refractivity contribution is 5.76. The summed E-state index contributed by atoms with van der Waals surface area (Å²) < 4.78 is 0. The van der Waals surface area contributed by atoms with Crippen molar-refractivity contribution in [2.24, 2.45) is 0 Å². The number of nitrogens with zero attached hydrogens (tertiary/aromatic N) is 1. The highest BCUT2D eigenvalue weighted by Crippen LogP contribution is 2.21. The standard InChI is InChI=1S/C16H24N2O3/c1-2-15(20)17-14(11-18-9-3-4-10-18)16(21)12-5-7-13(19)8-6-12/h5-8,14,16,19,21H,2-4,9-11H2,1H3,(H,17,20)/t14-,16-/m1/s1. The number of benzene rings is 1. The van der Waals surface area contributed by atoms with Gasteiger partial charge in [-0.25, -0.2) is 0 Å². The summed E-state index contributed by atoms with van der Waals surface area (Å²) in [7, 11) is 0. The van der Waals surface area contributed by atoms with Crippen molar-refractivity contribution >= 4 is 5.91 Å².